The number of aryl methyl sites for hydroxylation is 2. The van der Waals surface area contributed by atoms with Crippen molar-refractivity contribution in [1.29, 1.82) is 0 Å². The molecule has 2 aromatic carbocycles. The number of rotatable bonds is 4. The SMILES string of the molecule is CCc1ccc2nc(-c3ccc(-c4ccc(C)cc4Br)o3)cc(C(=O)O)c2c1. The van der Waals surface area contributed by atoms with Gasteiger partial charge in [-0.3, -0.25) is 0 Å². The van der Waals surface area contributed by atoms with E-state index in [1.807, 2.05) is 62.4 Å². The fourth-order valence-electron chi connectivity index (χ4n) is 3.24. The number of nitrogens with zero attached hydrogens (tertiary/aromatic N) is 1. The second-order valence-corrected chi connectivity index (χ2v) is 7.57. The molecule has 0 spiro atoms. The molecule has 4 aromatic rings. The third-order valence-corrected chi connectivity index (χ3v) is 5.42. The van der Waals surface area contributed by atoms with Gasteiger partial charge in [0.1, 0.15) is 11.5 Å². The van der Waals surface area contributed by atoms with E-state index >= 15 is 0 Å². The molecule has 2 aromatic heterocycles. The number of aromatic nitrogens is 1. The van der Waals surface area contributed by atoms with E-state index in [4.69, 9.17) is 4.42 Å². The number of benzene rings is 2. The molecule has 4 rings (SSSR count). The van der Waals surface area contributed by atoms with Gasteiger partial charge < -0.3 is 9.52 Å². The lowest BCUT2D eigenvalue weighted by Gasteiger charge is -2.07. The molecule has 28 heavy (non-hydrogen) atoms. The third-order valence-electron chi connectivity index (χ3n) is 4.76. The number of fused-ring (bicyclic) bond motifs is 1. The van der Waals surface area contributed by atoms with Crippen LogP contribution in [0.5, 0.6) is 0 Å². The number of aromatic carboxylic acids is 1. The fraction of sp³-hybridized carbons (Fsp3) is 0.130. The molecule has 2 heterocycles. The number of pyridine rings is 1. The molecular weight excluding hydrogens is 418 g/mol. The maximum Gasteiger partial charge on any atom is 0.336 e. The zero-order valence-electron chi connectivity index (χ0n) is 15.5. The summed E-state index contributed by atoms with van der Waals surface area (Å²) < 4.78 is 6.96. The smallest absolute Gasteiger partial charge is 0.336 e. The first-order valence-electron chi connectivity index (χ1n) is 9.00. The zero-order valence-corrected chi connectivity index (χ0v) is 17.1. The van der Waals surface area contributed by atoms with Crippen molar-refractivity contribution < 1.29 is 14.3 Å². The number of carboxylic acids is 1. The van der Waals surface area contributed by atoms with Crippen LogP contribution in [0.2, 0.25) is 0 Å². The van der Waals surface area contributed by atoms with Crippen LogP contribution in [0.1, 0.15) is 28.4 Å². The maximum absolute atomic E-state index is 11.8. The second kappa shape index (κ2) is 7.24. The molecule has 0 atom stereocenters. The number of hydrogen-bond donors (Lipinski definition) is 1. The van der Waals surface area contributed by atoms with Gasteiger partial charge in [-0.25, -0.2) is 9.78 Å². The van der Waals surface area contributed by atoms with Crippen LogP contribution in [0.25, 0.3) is 33.7 Å². The van der Waals surface area contributed by atoms with Crippen molar-refractivity contribution in [2.24, 2.45) is 0 Å². The lowest BCUT2D eigenvalue weighted by Crippen LogP contribution is -2.00. The molecule has 0 amide bonds. The molecule has 0 bridgehead atoms. The van der Waals surface area contributed by atoms with Gasteiger partial charge in [0.25, 0.3) is 0 Å². The van der Waals surface area contributed by atoms with Crippen molar-refractivity contribution in [1.82, 2.24) is 4.98 Å². The van der Waals surface area contributed by atoms with Crippen molar-refractivity contribution in [3.05, 3.63) is 75.8 Å². The Hall–Kier alpha value is -2.92. The van der Waals surface area contributed by atoms with Crippen molar-refractivity contribution in [2.45, 2.75) is 20.3 Å². The summed E-state index contributed by atoms with van der Waals surface area (Å²) in [5.74, 6) is 0.253. The van der Waals surface area contributed by atoms with Gasteiger partial charge in [-0.15, -0.1) is 0 Å². The summed E-state index contributed by atoms with van der Waals surface area (Å²) in [6.45, 7) is 4.06. The van der Waals surface area contributed by atoms with E-state index in [2.05, 4.69) is 20.9 Å². The summed E-state index contributed by atoms with van der Waals surface area (Å²) in [6.07, 6.45) is 0.837. The largest absolute Gasteiger partial charge is 0.478 e. The molecule has 0 fully saturated rings. The van der Waals surface area contributed by atoms with Gasteiger partial charge in [-0.05, 0) is 66.9 Å². The van der Waals surface area contributed by atoms with Gasteiger partial charge in [0.15, 0.2) is 5.76 Å². The van der Waals surface area contributed by atoms with Gasteiger partial charge in [0.2, 0.25) is 0 Å². The Kier molecular flexibility index (Phi) is 4.77. The van der Waals surface area contributed by atoms with Crippen molar-refractivity contribution >= 4 is 32.8 Å². The molecule has 0 unspecified atom stereocenters. The van der Waals surface area contributed by atoms with E-state index in [-0.39, 0.29) is 5.56 Å². The first-order valence-corrected chi connectivity index (χ1v) is 9.79. The summed E-state index contributed by atoms with van der Waals surface area (Å²) >= 11 is 3.57. The Bertz CT molecular complexity index is 1210. The summed E-state index contributed by atoms with van der Waals surface area (Å²) in [5, 5.41) is 10.3. The van der Waals surface area contributed by atoms with E-state index in [9.17, 15) is 9.90 Å². The zero-order chi connectivity index (χ0) is 19.8. The van der Waals surface area contributed by atoms with Crippen molar-refractivity contribution in [3.8, 4) is 22.8 Å². The predicted octanol–water partition coefficient (Wildman–Crippen LogP) is 6.49. The summed E-state index contributed by atoms with van der Waals surface area (Å²) in [6, 6.07) is 17.0. The monoisotopic (exact) mass is 435 g/mol. The number of carboxylic acid groups (broad SMARTS) is 1. The topological polar surface area (TPSA) is 63.3 Å². The van der Waals surface area contributed by atoms with Crippen LogP contribution < -0.4 is 0 Å². The minimum absolute atomic E-state index is 0.227. The average Bonchev–Trinajstić information content (AvgIpc) is 3.16. The van der Waals surface area contributed by atoms with Gasteiger partial charge in [0, 0.05) is 15.4 Å². The Balaban J connectivity index is 1.83. The Labute approximate surface area is 171 Å². The number of halogens is 1. The molecule has 1 N–H and O–H groups in total. The van der Waals surface area contributed by atoms with Crippen LogP contribution in [0, 0.1) is 6.92 Å². The average molecular weight is 436 g/mol. The normalized spacial score (nSPS) is 11.1. The van der Waals surface area contributed by atoms with E-state index in [1.165, 1.54) is 0 Å². The fourth-order valence-corrected chi connectivity index (χ4v) is 3.92. The minimum Gasteiger partial charge on any atom is -0.478 e. The summed E-state index contributed by atoms with van der Waals surface area (Å²) in [4.78, 5) is 16.5. The van der Waals surface area contributed by atoms with E-state index in [0.29, 0.717) is 28.1 Å². The van der Waals surface area contributed by atoms with Gasteiger partial charge in [-0.1, -0.05) is 35.0 Å². The van der Waals surface area contributed by atoms with Crippen LogP contribution in [0.15, 0.2) is 63.5 Å². The summed E-state index contributed by atoms with van der Waals surface area (Å²) in [7, 11) is 0. The Morgan fingerprint density at radius 3 is 2.57 bits per heavy atom. The highest BCUT2D eigenvalue weighted by Gasteiger charge is 2.16. The van der Waals surface area contributed by atoms with E-state index in [1.54, 1.807) is 6.07 Å². The highest BCUT2D eigenvalue weighted by Crippen LogP contribution is 2.34. The van der Waals surface area contributed by atoms with Crippen LogP contribution in [0.4, 0.5) is 0 Å². The molecule has 140 valence electrons. The minimum atomic E-state index is -0.977. The number of carbonyl (C=O) groups is 1. The molecule has 0 aliphatic heterocycles. The van der Waals surface area contributed by atoms with Gasteiger partial charge in [0.05, 0.1) is 11.1 Å². The predicted molar refractivity (Wildman–Crippen MR) is 114 cm³/mol. The van der Waals surface area contributed by atoms with Crippen LogP contribution in [0.3, 0.4) is 0 Å². The van der Waals surface area contributed by atoms with Crippen molar-refractivity contribution in [3.63, 3.8) is 0 Å². The van der Waals surface area contributed by atoms with E-state index in [0.717, 1.165) is 27.6 Å². The van der Waals surface area contributed by atoms with Crippen molar-refractivity contribution in [2.75, 3.05) is 0 Å². The molecular formula is C23H18BrNO3. The molecule has 0 aliphatic rings. The molecule has 5 heteroatoms. The van der Waals surface area contributed by atoms with Crippen LogP contribution in [-0.2, 0) is 6.42 Å². The second-order valence-electron chi connectivity index (χ2n) is 6.71. The Morgan fingerprint density at radius 2 is 1.86 bits per heavy atom. The summed E-state index contributed by atoms with van der Waals surface area (Å²) in [5.41, 5.74) is 4.53. The molecule has 0 saturated carbocycles. The third kappa shape index (κ3) is 3.34. The number of hydrogen-bond acceptors (Lipinski definition) is 3. The first-order chi connectivity index (χ1) is 13.5. The van der Waals surface area contributed by atoms with Gasteiger partial charge >= 0.3 is 5.97 Å². The highest BCUT2D eigenvalue weighted by molar-refractivity contribution is 9.10. The number of furan rings is 1. The van der Waals surface area contributed by atoms with Gasteiger partial charge in [-0.2, -0.15) is 0 Å². The molecule has 0 radical (unpaired) electrons. The maximum atomic E-state index is 11.8. The molecule has 0 aliphatic carbocycles. The molecule has 0 saturated heterocycles. The quantitative estimate of drug-likeness (QED) is 0.397. The van der Waals surface area contributed by atoms with Crippen LogP contribution >= 0.6 is 15.9 Å². The van der Waals surface area contributed by atoms with Crippen LogP contribution in [-0.4, -0.2) is 16.1 Å². The van der Waals surface area contributed by atoms with E-state index < -0.39 is 5.97 Å². The lowest BCUT2D eigenvalue weighted by molar-refractivity contribution is 0.0699. The lowest BCUT2D eigenvalue weighted by atomic mass is 10.0. The standard InChI is InChI=1S/C23H18BrNO3/c1-3-14-5-7-19-16(11-14)17(23(26)27)12-20(25-19)22-9-8-21(28-22)15-6-4-13(2)10-18(15)24/h4-12H,3H2,1-2H3,(H,26,27). The Morgan fingerprint density at radius 1 is 1.07 bits per heavy atom. The molecule has 4 nitrogen and oxygen atoms in total. The first kappa shape index (κ1) is 18.4. The highest BCUT2D eigenvalue weighted by atomic mass is 79.9.